The van der Waals surface area contributed by atoms with Crippen LogP contribution in [-0.2, 0) is 17.1 Å². The average Bonchev–Trinajstić information content (AvgIpc) is 3.16. The van der Waals surface area contributed by atoms with E-state index in [2.05, 4.69) is 14.7 Å². The summed E-state index contributed by atoms with van der Waals surface area (Å²) in [5.41, 5.74) is 3.40. The molecule has 0 bridgehead atoms. The maximum atomic E-state index is 15.3. The maximum Gasteiger partial charge on any atom is 0.271 e. The average molecular weight is 484 g/mol. The number of halogens is 3. The quantitative estimate of drug-likeness (QED) is 0.459. The summed E-state index contributed by atoms with van der Waals surface area (Å²) in [6, 6.07) is 5.64. The predicted molar refractivity (Wildman–Crippen MR) is 115 cm³/mol. The monoisotopic (exact) mass is 483 g/mol. The first kappa shape index (κ1) is 21.2. The summed E-state index contributed by atoms with van der Waals surface area (Å²) in [7, 11) is -2.82. The summed E-state index contributed by atoms with van der Waals surface area (Å²) in [5.74, 6) is -2.37. The van der Waals surface area contributed by atoms with Crippen LogP contribution >= 0.6 is 22.9 Å². The van der Waals surface area contributed by atoms with E-state index in [0.29, 0.717) is 5.39 Å². The summed E-state index contributed by atoms with van der Waals surface area (Å²) >= 11 is 6.54. The van der Waals surface area contributed by atoms with Crippen LogP contribution in [0.25, 0.3) is 22.2 Å². The van der Waals surface area contributed by atoms with Crippen molar-refractivity contribution < 1.29 is 17.2 Å². The number of nitrogen functional groups attached to an aromatic ring is 1. The van der Waals surface area contributed by atoms with Gasteiger partial charge in [0.05, 0.1) is 21.2 Å². The molecule has 0 aliphatic carbocycles. The van der Waals surface area contributed by atoms with E-state index >= 15 is 4.39 Å². The number of aromatic nitrogens is 3. The van der Waals surface area contributed by atoms with E-state index in [9.17, 15) is 17.6 Å². The first-order valence-electron chi connectivity index (χ1n) is 8.47. The van der Waals surface area contributed by atoms with E-state index in [1.54, 1.807) is 0 Å². The Morgan fingerprint density at radius 3 is 2.65 bits per heavy atom. The molecule has 3 aromatic heterocycles. The molecule has 0 saturated carbocycles. The van der Waals surface area contributed by atoms with E-state index in [-0.39, 0.29) is 25.7 Å². The second-order valence-electron chi connectivity index (χ2n) is 6.38. The third-order valence-electron chi connectivity index (χ3n) is 4.39. The molecule has 0 aliphatic rings. The lowest BCUT2D eigenvalue weighted by molar-refractivity contribution is 0.587. The van der Waals surface area contributed by atoms with Gasteiger partial charge in [0.25, 0.3) is 15.6 Å². The Hall–Kier alpha value is -3.09. The Morgan fingerprint density at radius 1 is 1.23 bits per heavy atom. The van der Waals surface area contributed by atoms with Gasteiger partial charge < -0.3 is 5.73 Å². The van der Waals surface area contributed by atoms with Crippen LogP contribution in [0, 0.1) is 11.6 Å². The molecule has 1 aromatic carbocycles. The summed E-state index contributed by atoms with van der Waals surface area (Å²) < 4.78 is 58.1. The number of pyridine rings is 1. The van der Waals surface area contributed by atoms with Gasteiger partial charge in [-0.3, -0.25) is 14.1 Å². The first-order valence-corrected chi connectivity index (χ1v) is 11.1. The lowest BCUT2D eigenvalue weighted by Gasteiger charge is -2.13. The minimum atomic E-state index is -4.18. The summed E-state index contributed by atoms with van der Waals surface area (Å²) in [5, 5.41) is 0.310. The zero-order valence-electron chi connectivity index (χ0n) is 15.6. The van der Waals surface area contributed by atoms with Crippen molar-refractivity contribution in [3.05, 3.63) is 62.9 Å². The number of fused-ring (bicyclic) bond motifs is 1. The number of hydrogen-bond donors (Lipinski definition) is 2. The second kappa shape index (κ2) is 7.55. The van der Waals surface area contributed by atoms with Crippen molar-refractivity contribution in [2.24, 2.45) is 7.05 Å². The van der Waals surface area contributed by atoms with Gasteiger partial charge in [-0.05, 0) is 30.3 Å². The summed E-state index contributed by atoms with van der Waals surface area (Å²) in [4.78, 5) is 20.6. The minimum absolute atomic E-state index is 0.0716. The zero-order chi connectivity index (χ0) is 22.5. The molecule has 0 atom stereocenters. The van der Waals surface area contributed by atoms with Crippen LogP contribution < -0.4 is 16.0 Å². The van der Waals surface area contributed by atoms with Crippen LogP contribution in [0.1, 0.15) is 0 Å². The van der Waals surface area contributed by atoms with Gasteiger partial charge >= 0.3 is 0 Å². The van der Waals surface area contributed by atoms with E-state index in [4.69, 9.17) is 17.3 Å². The number of hydrogen-bond acceptors (Lipinski definition) is 7. The SMILES string of the molecule is Cn1c(=O)c(-c2c(F)ccc(NS(=O)(=O)c3ccc(Cl)s3)c2F)cc2cnc(N)nc21. The molecule has 0 aliphatic heterocycles. The molecule has 13 heteroatoms. The smallest absolute Gasteiger partial charge is 0.271 e. The van der Waals surface area contributed by atoms with Gasteiger partial charge in [-0.1, -0.05) is 11.6 Å². The van der Waals surface area contributed by atoms with Gasteiger partial charge in [0.1, 0.15) is 15.7 Å². The lowest BCUT2D eigenvalue weighted by Crippen LogP contribution is -2.21. The highest BCUT2D eigenvalue weighted by atomic mass is 35.5. The third-order valence-corrected chi connectivity index (χ3v) is 7.47. The van der Waals surface area contributed by atoms with Crippen molar-refractivity contribution in [3.63, 3.8) is 0 Å². The van der Waals surface area contributed by atoms with Crippen LogP contribution in [0.5, 0.6) is 0 Å². The van der Waals surface area contributed by atoms with Crippen LogP contribution in [0.2, 0.25) is 4.34 Å². The Morgan fingerprint density at radius 2 is 1.97 bits per heavy atom. The highest BCUT2D eigenvalue weighted by molar-refractivity contribution is 7.94. The van der Waals surface area contributed by atoms with Crippen molar-refractivity contribution in [2.75, 3.05) is 10.5 Å². The molecule has 4 rings (SSSR count). The lowest BCUT2D eigenvalue weighted by atomic mass is 10.0. The van der Waals surface area contributed by atoms with Gasteiger partial charge in [-0.2, -0.15) is 4.98 Å². The van der Waals surface area contributed by atoms with Gasteiger partial charge in [-0.25, -0.2) is 22.2 Å². The molecule has 0 radical (unpaired) electrons. The number of aryl methyl sites for hydroxylation is 1. The van der Waals surface area contributed by atoms with Crippen LogP contribution in [0.4, 0.5) is 20.4 Å². The van der Waals surface area contributed by atoms with Crippen molar-refractivity contribution in [1.29, 1.82) is 0 Å². The van der Waals surface area contributed by atoms with Crippen molar-refractivity contribution >= 4 is 55.6 Å². The molecule has 3 N–H and O–H groups in total. The zero-order valence-corrected chi connectivity index (χ0v) is 17.9. The topological polar surface area (TPSA) is 120 Å². The normalized spacial score (nSPS) is 11.7. The number of nitrogens with two attached hydrogens (primary N) is 1. The Balaban J connectivity index is 1.89. The largest absolute Gasteiger partial charge is 0.368 e. The Kier molecular flexibility index (Phi) is 5.15. The fourth-order valence-corrected chi connectivity index (χ4v) is 5.50. The standard InChI is InChI=1S/C18H12ClF2N5O3S2/c1-26-16-8(7-23-18(22)24-16)6-9(17(26)27)14-10(20)2-3-11(15(14)21)25-31(28,29)13-5-4-12(19)30-13/h2-7,25H,1H3,(H2,22,23,24). The Bertz CT molecular complexity index is 1520. The number of anilines is 2. The highest BCUT2D eigenvalue weighted by Gasteiger charge is 2.24. The summed E-state index contributed by atoms with van der Waals surface area (Å²) in [6.45, 7) is 0. The molecular weight excluding hydrogens is 472 g/mol. The second-order valence-corrected chi connectivity index (χ2v) is 10.0. The van der Waals surface area contributed by atoms with Gasteiger partial charge in [0.2, 0.25) is 5.95 Å². The first-order chi connectivity index (χ1) is 14.6. The van der Waals surface area contributed by atoms with Crippen LogP contribution in [0.3, 0.4) is 0 Å². The van der Waals surface area contributed by atoms with Crippen molar-refractivity contribution in [3.8, 4) is 11.1 Å². The fraction of sp³-hybridized carbons (Fsp3) is 0.0556. The molecule has 31 heavy (non-hydrogen) atoms. The van der Waals surface area contributed by atoms with Crippen LogP contribution in [-0.4, -0.2) is 23.0 Å². The predicted octanol–water partition coefficient (Wildman–Crippen LogP) is 3.37. The molecule has 0 fully saturated rings. The van der Waals surface area contributed by atoms with E-state index < -0.39 is 38.5 Å². The van der Waals surface area contributed by atoms with Gasteiger partial charge in [0.15, 0.2) is 5.82 Å². The molecular formula is C18H12ClF2N5O3S2. The van der Waals surface area contributed by atoms with E-state index in [1.807, 2.05) is 0 Å². The minimum Gasteiger partial charge on any atom is -0.368 e. The number of rotatable bonds is 4. The number of benzene rings is 1. The molecule has 0 amide bonds. The van der Waals surface area contributed by atoms with E-state index in [0.717, 1.165) is 28.0 Å². The van der Waals surface area contributed by atoms with Crippen molar-refractivity contribution in [1.82, 2.24) is 14.5 Å². The molecule has 160 valence electrons. The third kappa shape index (κ3) is 3.73. The number of sulfonamides is 1. The van der Waals surface area contributed by atoms with Gasteiger partial charge in [-0.15, -0.1) is 11.3 Å². The molecule has 0 spiro atoms. The molecule has 0 unspecified atom stereocenters. The van der Waals surface area contributed by atoms with E-state index in [1.165, 1.54) is 31.4 Å². The molecule has 4 aromatic rings. The van der Waals surface area contributed by atoms with Crippen LogP contribution in [0.15, 0.2) is 45.5 Å². The maximum absolute atomic E-state index is 15.3. The van der Waals surface area contributed by atoms with Gasteiger partial charge in [0, 0.05) is 18.6 Å². The fourth-order valence-electron chi connectivity index (χ4n) is 2.95. The number of nitrogens with one attached hydrogen (secondary N) is 1. The number of nitrogens with zero attached hydrogens (tertiary/aromatic N) is 3. The molecule has 3 heterocycles. The van der Waals surface area contributed by atoms with Crippen molar-refractivity contribution in [2.45, 2.75) is 4.21 Å². The Labute approximate surface area is 183 Å². The number of thiophene rings is 1. The molecule has 0 saturated heterocycles. The summed E-state index contributed by atoms with van der Waals surface area (Å²) in [6.07, 6.45) is 1.31. The molecule has 8 nitrogen and oxygen atoms in total. The highest BCUT2D eigenvalue weighted by Crippen LogP contribution is 2.33.